The van der Waals surface area contributed by atoms with E-state index in [2.05, 4.69) is 31.0 Å². The summed E-state index contributed by atoms with van der Waals surface area (Å²) in [6.45, 7) is 16.4. The van der Waals surface area contributed by atoms with Crippen LogP contribution in [-0.2, 0) is 9.53 Å². The van der Waals surface area contributed by atoms with Crippen molar-refractivity contribution < 1.29 is 14.6 Å². The highest BCUT2D eigenvalue weighted by Gasteiger charge is 2.63. The van der Waals surface area contributed by atoms with Gasteiger partial charge in [0.15, 0.2) is 0 Å². The standard InChI is InChI=1S/C33H62N4O3/c1-22(2)40-31(39)11-6-23(3)27-9-10-28-26-8-7-24-20-25(36-16-19-37(17-14-34)18-15-35)12-13-32(24,4)29(26)21-30(38)33(27,28)5/h22-30,36,38H,6-21,34-35H2,1-5H3/t23-,24?,25+,26?,27?,28?,29?,30+,32+,33-/m1/s1. The van der Waals surface area contributed by atoms with E-state index in [-0.39, 0.29) is 23.6 Å². The van der Waals surface area contributed by atoms with Gasteiger partial charge in [-0.15, -0.1) is 0 Å². The fraction of sp³-hybridized carbons (Fsp3) is 0.970. The number of fused-ring (bicyclic) bond motifs is 5. The highest BCUT2D eigenvalue weighted by Crippen LogP contribution is 2.68. The molecule has 7 nitrogen and oxygen atoms in total. The Labute approximate surface area is 244 Å². The molecular formula is C33H62N4O3. The van der Waals surface area contributed by atoms with Gasteiger partial charge in [-0.3, -0.25) is 9.69 Å². The largest absolute Gasteiger partial charge is 0.463 e. The van der Waals surface area contributed by atoms with Crippen LogP contribution in [0.4, 0.5) is 0 Å². The van der Waals surface area contributed by atoms with E-state index >= 15 is 0 Å². The second-order valence-corrected chi connectivity index (χ2v) is 14.9. The van der Waals surface area contributed by atoms with E-state index in [0.717, 1.165) is 50.9 Å². The molecule has 0 aliphatic heterocycles. The molecule has 4 rings (SSSR count). The molecule has 7 heteroatoms. The number of nitrogens with zero attached hydrogens (tertiary/aromatic N) is 1. The van der Waals surface area contributed by atoms with Crippen LogP contribution in [0.2, 0.25) is 0 Å². The lowest BCUT2D eigenvalue weighted by atomic mass is 9.43. The lowest BCUT2D eigenvalue weighted by molar-refractivity contribution is -0.170. The van der Waals surface area contributed by atoms with E-state index in [0.29, 0.717) is 54.6 Å². The molecule has 4 aliphatic carbocycles. The number of aliphatic hydroxyl groups excluding tert-OH is 1. The summed E-state index contributed by atoms with van der Waals surface area (Å²) < 4.78 is 5.40. The van der Waals surface area contributed by atoms with Gasteiger partial charge in [-0.05, 0) is 118 Å². The first-order valence-corrected chi connectivity index (χ1v) is 16.8. The highest BCUT2D eigenvalue weighted by molar-refractivity contribution is 5.69. The van der Waals surface area contributed by atoms with Gasteiger partial charge in [0.2, 0.25) is 0 Å². The monoisotopic (exact) mass is 562 g/mol. The van der Waals surface area contributed by atoms with Crippen molar-refractivity contribution in [3.05, 3.63) is 0 Å². The van der Waals surface area contributed by atoms with Crippen LogP contribution in [-0.4, -0.2) is 73.5 Å². The second kappa shape index (κ2) is 13.7. The van der Waals surface area contributed by atoms with E-state index in [1.165, 1.54) is 44.9 Å². The van der Waals surface area contributed by atoms with Gasteiger partial charge in [-0.2, -0.15) is 0 Å². The van der Waals surface area contributed by atoms with Crippen LogP contribution in [0.15, 0.2) is 0 Å². The molecule has 0 heterocycles. The minimum Gasteiger partial charge on any atom is -0.463 e. The number of rotatable bonds is 13. The smallest absolute Gasteiger partial charge is 0.306 e. The molecule has 0 bridgehead atoms. The predicted molar refractivity (Wildman–Crippen MR) is 163 cm³/mol. The zero-order chi connectivity index (χ0) is 29.1. The fourth-order valence-corrected chi connectivity index (χ4v) is 10.4. The Morgan fingerprint density at radius 3 is 2.40 bits per heavy atom. The molecule has 0 saturated heterocycles. The van der Waals surface area contributed by atoms with Crippen molar-refractivity contribution in [2.45, 2.75) is 117 Å². The third-order valence-electron chi connectivity index (χ3n) is 12.5. The summed E-state index contributed by atoms with van der Waals surface area (Å²) in [6, 6.07) is 0.602. The second-order valence-electron chi connectivity index (χ2n) is 14.9. The normalized spacial score (nSPS) is 40.0. The molecule has 232 valence electrons. The molecule has 0 aromatic carbocycles. The van der Waals surface area contributed by atoms with Gasteiger partial charge in [0, 0.05) is 51.7 Å². The van der Waals surface area contributed by atoms with Crippen molar-refractivity contribution >= 4 is 5.97 Å². The summed E-state index contributed by atoms with van der Waals surface area (Å²) in [5.41, 5.74) is 11.9. The number of carbonyl (C=O) groups is 1. The maximum absolute atomic E-state index is 12.2. The molecule has 6 N–H and O–H groups in total. The van der Waals surface area contributed by atoms with Gasteiger partial charge in [-0.1, -0.05) is 20.8 Å². The van der Waals surface area contributed by atoms with E-state index in [4.69, 9.17) is 16.2 Å². The van der Waals surface area contributed by atoms with Crippen LogP contribution in [0.3, 0.4) is 0 Å². The molecule has 10 atom stereocenters. The van der Waals surface area contributed by atoms with Crippen molar-refractivity contribution in [3.63, 3.8) is 0 Å². The quantitative estimate of drug-likeness (QED) is 0.249. The topological polar surface area (TPSA) is 114 Å². The Bertz CT molecular complexity index is 820. The molecule has 4 saturated carbocycles. The Kier molecular flexibility index (Phi) is 11.0. The highest BCUT2D eigenvalue weighted by atomic mass is 16.5. The van der Waals surface area contributed by atoms with Crippen molar-refractivity contribution in [1.29, 1.82) is 0 Å². The minimum atomic E-state index is -0.237. The number of nitrogens with one attached hydrogen (secondary N) is 1. The Hall–Kier alpha value is -0.730. The average molecular weight is 563 g/mol. The van der Waals surface area contributed by atoms with Crippen LogP contribution in [0.5, 0.6) is 0 Å². The summed E-state index contributed by atoms with van der Waals surface area (Å²) in [4.78, 5) is 14.6. The Morgan fingerprint density at radius 2 is 1.73 bits per heavy atom. The van der Waals surface area contributed by atoms with Crippen molar-refractivity contribution in [1.82, 2.24) is 10.2 Å². The van der Waals surface area contributed by atoms with Gasteiger partial charge in [0.25, 0.3) is 0 Å². The van der Waals surface area contributed by atoms with Crippen LogP contribution in [0, 0.1) is 46.3 Å². The number of esters is 1. The van der Waals surface area contributed by atoms with Crippen LogP contribution in [0.25, 0.3) is 0 Å². The van der Waals surface area contributed by atoms with Crippen LogP contribution < -0.4 is 16.8 Å². The SMILES string of the molecule is CC(C)OC(=O)CC[C@@H](C)C1CCC2C3CCC4C[C@@H](NCCN(CCN)CCN)CC[C@]4(C)C3C[C@H](O)[C@@]21C. The number of hydrogen-bond donors (Lipinski definition) is 4. The average Bonchev–Trinajstić information content (AvgIpc) is 3.26. The summed E-state index contributed by atoms with van der Waals surface area (Å²) in [5.74, 6) is 3.59. The molecule has 40 heavy (non-hydrogen) atoms. The maximum atomic E-state index is 12.2. The van der Waals surface area contributed by atoms with Crippen molar-refractivity contribution in [2.24, 2.45) is 57.8 Å². The van der Waals surface area contributed by atoms with Crippen molar-refractivity contribution in [2.75, 3.05) is 39.3 Å². The van der Waals surface area contributed by atoms with Gasteiger partial charge in [0.05, 0.1) is 12.2 Å². The minimum absolute atomic E-state index is 0.0244. The summed E-state index contributed by atoms with van der Waals surface area (Å²) in [5, 5.41) is 15.8. The molecule has 0 spiro atoms. The number of nitrogens with two attached hydrogens (primary N) is 2. The van der Waals surface area contributed by atoms with Gasteiger partial charge < -0.3 is 26.6 Å². The first-order valence-electron chi connectivity index (χ1n) is 16.8. The summed E-state index contributed by atoms with van der Waals surface area (Å²) in [7, 11) is 0. The van der Waals surface area contributed by atoms with E-state index in [1.54, 1.807) is 0 Å². The first-order chi connectivity index (χ1) is 19.0. The molecule has 4 fully saturated rings. The van der Waals surface area contributed by atoms with Crippen LogP contribution >= 0.6 is 0 Å². The van der Waals surface area contributed by atoms with Gasteiger partial charge in [-0.25, -0.2) is 0 Å². The third kappa shape index (κ3) is 6.59. The Morgan fingerprint density at radius 1 is 1.00 bits per heavy atom. The van der Waals surface area contributed by atoms with Gasteiger partial charge >= 0.3 is 5.97 Å². The molecule has 0 radical (unpaired) electrons. The number of carbonyl (C=O) groups excluding carboxylic acids is 1. The lowest BCUT2D eigenvalue weighted by Gasteiger charge is -2.62. The number of hydrogen-bond acceptors (Lipinski definition) is 7. The zero-order valence-corrected chi connectivity index (χ0v) is 26.4. The van der Waals surface area contributed by atoms with Gasteiger partial charge in [0.1, 0.15) is 0 Å². The fourth-order valence-electron chi connectivity index (χ4n) is 10.4. The van der Waals surface area contributed by atoms with E-state index in [9.17, 15) is 9.90 Å². The summed E-state index contributed by atoms with van der Waals surface area (Å²) in [6.07, 6.45) is 10.9. The number of aliphatic hydroxyl groups is 1. The molecule has 0 aromatic rings. The molecular weight excluding hydrogens is 500 g/mol. The lowest BCUT2D eigenvalue weighted by Crippen LogP contribution is -2.59. The molecule has 0 aromatic heterocycles. The molecule has 4 aliphatic rings. The van der Waals surface area contributed by atoms with E-state index in [1.807, 2.05) is 13.8 Å². The Balaban J connectivity index is 1.35. The van der Waals surface area contributed by atoms with Crippen LogP contribution in [0.1, 0.15) is 98.8 Å². The predicted octanol–water partition coefficient (Wildman–Crippen LogP) is 4.16. The van der Waals surface area contributed by atoms with E-state index < -0.39 is 0 Å². The number of ether oxygens (including phenoxy) is 1. The first kappa shape index (κ1) is 32.2. The zero-order valence-electron chi connectivity index (χ0n) is 26.4. The van der Waals surface area contributed by atoms with Crippen molar-refractivity contribution in [3.8, 4) is 0 Å². The third-order valence-corrected chi connectivity index (χ3v) is 12.5. The summed E-state index contributed by atoms with van der Waals surface area (Å²) >= 11 is 0. The molecule has 5 unspecified atom stereocenters. The maximum Gasteiger partial charge on any atom is 0.306 e. The molecule has 0 amide bonds.